The Hall–Kier alpha value is -0.640. The number of carbonyl (C=O) groups is 1. The van der Waals surface area contributed by atoms with E-state index in [1.54, 1.807) is 0 Å². The van der Waals surface area contributed by atoms with Crippen LogP contribution in [-0.4, -0.2) is 124 Å². The summed E-state index contributed by atoms with van der Waals surface area (Å²) in [5.41, 5.74) is 0. The molecule has 0 aliphatic carbocycles. The Morgan fingerprint density at radius 1 is 0.968 bits per heavy atom. The molecule has 2 saturated heterocycles. The topological polar surface area (TPSA) is 187 Å². The van der Waals surface area contributed by atoms with Crippen LogP contribution >= 0.6 is 11.6 Å². The van der Waals surface area contributed by atoms with E-state index >= 15 is 0 Å². The molecule has 4 unspecified atom stereocenters. The van der Waals surface area contributed by atoms with Crippen molar-refractivity contribution >= 4 is 17.5 Å². The first-order valence-electron chi connectivity index (χ1n) is 10.2. The Morgan fingerprint density at radius 2 is 1.58 bits per heavy atom. The summed E-state index contributed by atoms with van der Waals surface area (Å²) in [6.07, 6.45) is -11.4. The molecule has 7 N–H and O–H groups in total. The molecule has 2 aliphatic rings. The van der Waals surface area contributed by atoms with Gasteiger partial charge in [-0.25, -0.2) is 0 Å². The normalized spacial score (nSPS) is 41.2. The van der Waals surface area contributed by atoms with Gasteiger partial charge in [-0.1, -0.05) is 13.3 Å². The maximum Gasteiger partial charge on any atom is 0.235 e. The zero-order valence-electron chi connectivity index (χ0n) is 17.1. The molecule has 2 fully saturated rings. The lowest BCUT2D eigenvalue weighted by Crippen LogP contribution is -2.68. The standard InChI is InChI=1S/C18H32ClNO11/c1-2-3-4-28-17-11(20-10(23)5-19)16(13(25)9(7-22)29-17)31-18-15(27)14(26)12(24)8(6-21)30-18/h8-9,11-18,21-22,24-27H,2-7H2,1H3,(H,20,23)/t8?,9?,11-,12-,13+,14?,15-,16?,17+,18-/m0/s1. The third-order valence-corrected chi connectivity index (χ3v) is 5.47. The Morgan fingerprint density at radius 3 is 2.16 bits per heavy atom. The van der Waals surface area contributed by atoms with Crippen LogP contribution in [0.2, 0.25) is 0 Å². The van der Waals surface area contributed by atoms with Crippen LogP contribution in [0, 0.1) is 0 Å². The molecule has 2 rings (SSSR count). The van der Waals surface area contributed by atoms with Crippen molar-refractivity contribution in [2.24, 2.45) is 0 Å². The molecule has 0 spiro atoms. The highest BCUT2D eigenvalue weighted by molar-refractivity contribution is 6.27. The number of carbonyl (C=O) groups excluding carboxylic acids is 1. The van der Waals surface area contributed by atoms with Gasteiger partial charge in [0.2, 0.25) is 5.91 Å². The van der Waals surface area contributed by atoms with Gasteiger partial charge in [-0.3, -0.25) is 4.79 Å². The number of amides is 1. The van der Waals surface area contributed by atoms with E-state index in [2.05, 4.69) is 5.32 Å². The molecule has 0 aromatic carbocycles. The number of unbranched alkanes of at least 4 members (excludes halogenated alkanes) is 1. The Kier molecular flexibility index (Phi) is 10.8. The average molecular weight is 474 g/mol. The molecular formula is C18H32ClNO11. The third kappa shape index (κ3) is 6.45. The highest BCUT2D eigenvalue weighted by Gasteiger charge is 2.51. The van der Waals surface area contributed by atoms with E-state index in [0.717, 1.165) is 6.42 Å². The number of nitrogens with one attached hydrogen (secondary N) is 1. The lowest BCUT2D eigenvalue weighted by molar-refractivity contribution is -0.344. The molecule has 10 atom stereocenters. The van der Waals surface area contributed by atoms with Gasteiger partial charge in [0.1, 0.15) is 54.6 Å². The lowest BCUT2D eigenvalue weighted by Gasteiger charge is -2.47. The minimum absolute atomic E-state index is 0.259. The van der Waals surface area contributed by atoms with Crippen LogP contribution < -0.4 is 5.32 Å². The summed E-state index contributed by atoms with van der Waals surface area (Å²) in [7, 11) is 0. The van der Waals surface area contributed by atoms with Crippen molar-refractivity contribution in [1.29, 1.82) is 0 Å². The van der Waals surface area contributed by atoms with Crippen molar-refractivity contribution in [3.05, 3.63) is 0 Å². The molecule has 0 saturated carbocycles. The molecule has 2 heterocycles. The van der Waals surface area contributed by atoms with Crippen molar-refractivity contribution < 1.29 is 54.4 Å². The molecule has 182 valence electrons. The van der Waals surface area contributed by atoms with E-state index in [9.17, 15) is 35.4 Å². The molecule has 0 radical (unpaired) electrons. The summed E-state index contributed by atoms with van der Waals surface area (Å²) >= 11 is 5.58. The predicted octanol–water partition coefficient (Wildman–Crippen LogP) is -3.21. The van der Waals surface area contributed by atoms with Gasteiger partial charge in [-0.2, -0.15) is 0 Å². The molecule has 31 heavy (non-hydrogen) atoms. The highest BCUT2D eigenvalue weighted by Crippen LogP contribution is 2.29. The number of hydrogen-bond donors (Lipinski definition) is 7. The smallest absolute Gasteiger partial charge is 0.235 e. The van der Waals surface area contributed by atoms with Crippen molar-refractivity contribution in [1.82, 2.24) is 5.32 Å². The quantitative estimate of drug-likeness (QED) is 0.125. The van der Waals surface area contributed by atoms with Crippen LogP contribution in [-0.2, 0) is 23.7 Å². The van der Waals surface area contributed by atoms with Crippen molar-refractivity contribution in [3.8, 4) is 0 Å². The Labute approximate surface area is 184 Å². The summed E-state index contributed by atoms with van der Waals surface area (Å²) in [6, 6.07) is -1.12. The van der Waals surface area contributed by atoms with Gasteiger partial charge in [0.05, 0.1) is 13.2 Å². The summed E-state index contributed by atoms with van der Waals surface area (Å²) in [6.45, 7) is 0.938. The number of alkyl halides is 1. The monoisotopic (exact) mass is 473 g/mol. The van der Waals surface area contributed by atoms with Crippen molar-refractivity contribution in [3.63, 3.8) is 0 Å². The number of aliphatic hydroxyl groups is 6. The second-order valence-corrected chi connectivity index (χ2v) is 7.73. The SMILES string of the molecule is CCCCO[C@@H]1OC(CO)[C@@H](O)C(O[C@@H]2OC(CO)[C@H](O)C(O)[C@@H]2O)[C@@H]1NC(=O)CCl. The Bertz CT molecular complexity index is 557. The Balaban J connectivity index is 2.27. The van der Waals surface area contributed by atoms with E-state index in [4.69, 9.17) is 30.5 Å². The molecular weight excluding hydrogens is 442 g/mol. The molecule has 2 aliphatic heterocycles. The van der Waals surface area contributed by atoms with E-state index in [1.807, 2.05) is 6.92 Å². The van der Waals surface area contributed by atoms with E-state index < -0.39 is 86.4 Å². The van der Waals surface area contributed by atoms with Crippen LogP contribution in [0.15, 0.2) is 0 Å². The third-order valence-electron chi connectivity index (χ3n) is 5.22. The largest absolute Gasteiger partial charge is 0.394 e. The molecule has 0 aromatic heterocycles. The van der Waals surface area contributed by atoms with Gasteiger partial charge in [0.15, 0.2) is 12.6 Å². The van der Waals surface area contributed by atoms with E-state index in [1.165, 1.54) is 0 Å². The van der Waals surface area contributed by atoms with Crippen molar-refractivity contribution in [2.75, 3.05) is 25.7 Å². The van der Waals surface area contributed by atoms with Crippen LogP contribution in [0.4, 0.5) is 0 Å². The van der Waals surface area contributed by atoms with Crippen LogP contribution in [0.25, 0.3) is 0 Å². The van der Waals surface area contributed by atoms with Gasteiger partial charge in [0.25, 0.3) is 0 Å². The zero-order valence-corrected chi connectivity index (χ0v) is 17.9. The summed E-state index contributed by atoms with van der Waals surface area (Å²) in [4.78, 5) is 12.0. The molecule has 1 amide bonds. The first kappa shape index (κ1) is 26.6. The maximum absolute atomic E-state index is 12.0. The molecule has 0 bridgehead atoms. The van der Waals surface area contributed by atoms with E-state index in [0.29, 0.717) is 6.42 Å². The fraction of sp³-hybridized carbons (Fsp3) is 0.944. The molecule has 13 heteroatoms. The number of aliphatic hydroxyl groups excluding tert-OH is 6. The zero-order chi connectivity index (χ0) is 23.1. The first-order valence-corrected chi connectivity index (χ1v) is 10.7. The minimum atomic E-state index is -1.73. The predicted molar refractivity (Wildman–Crippen MR) is 104 cm³/mol. The van der Waals surface area contributed by atoms with Gasteiger partial charge in [0, 0.05) is 6.61 Å². The summed E-state index contributed by atoms with van der Waals surface area (Å²) in [5.74, 6) is -1.01. The van der Waals surface area contributed by atoms with Crippen LogP contribution in [0.3, 0.4) is 0 Å². The average Bonchev–Trinajstić information content (AvgIpc) is 2.77. The van der Waals surface area contributed by atoms with Gasteiger partial charge in [-0.05, 0) is 6.42 Å². The van der Waals surface area contributed by atoms with E-state index in [-0.39, 0.29) is 6.61 Å². The fourth-order valence-corrected chi connectivity index (χ4v) is 3.51. The number of rotatable bonds is 10. The highest BCUT2D eigenvalue weighted by atomic mass is 35.5. The molecule has 12 nitrogen and oxygen atoms in total. The summed E-state index contributed by atoms with van der Waals surface area (Å²) < 4.78 is 22.3. The second kappa shape index (κ2) is 12.6. The number of hydrogen-bond acceptors (Lipinski definition) is 11. The first-order chi connectivity index (χ1) is 14.8. The van der Waals surface area contributed by atoms with Gasteiger partial charge < -0.3 is 54.9 Å². The number of ether oxygens (including phenoxy) is 4. The summed E-state index contributed by atoms with van der Waals surface area (Å²) in [5, 5.41) is 62.4. The van der Waals surface area contributed by atoms with Crippen molar-refractivity contribution in [2.45, 2.75) is 81.1 Å². The van der Waals surface area contributed by atoms with Gasteiger partial charge in [-0.15, -0.1) is 11.6 Å². The minimum Gasteiger partial charge on any atom is -0.394 e. The van der Waals surface area contributed by atoms with Crippen LogP contribution in [0.5, 0.6) is 0 Å². The van der Waals surface area contributed by atoms with Crippen LogP contribution in [0.1, 0.15) is 19.8 Å². The second-order valence-electron chi connectivity index (χ2n) is 7.47. The van der Waals surface area contributed by atoms with Gasteiger partial charge >= 0.3 is 0 Å². The maximum atomic E-state index is 12.0. The fourth-order valence-electron chi connectivity index (χ4n) is 3.43. The lowest BCUT2D eigenvalue weighted by atomic mass is 9.95. The number of halogens is 1. The molecule has 0 aromatic rings.